The molecule has 1 N–H and O–H groups in total. The highest BCUT2D eigenvalue weighted by molar-refractivity contribution is 6.51. The number of Topliss-reactive ketones (excluding diaryl/α,β-unsaturated/α-hetero) is 1. The lowest BCUT2D eigenvalue weighted by molar-refractivity contribution is -0.385. The number of ketones is 1. The van der Waals surface area contributed by atoms with E-state index in [1.54, 1.807) is 54.6 Å². The molecule has 1 aliphatic heterocycles. The molecule has 1 saturated heterocycles. The van der Waals surface area contributed by atoms with Gasteiger partial charge in [0, 0.05) is 17.3 Å². The minimum Gasteiger partial charge on any atom is -0.507 e. The Morgan fingerprint density at radius 1 is 1.00 bits per heavy atom. The maximum Gasteiger partial charge on any atom is 0.300 e. The van der Waals surface area contributed by atoms with Gasteiger partial charge >= 0.3 is 0 Å². The molecule has 4 rings (SSSR count). The van der Waals surface area contributed by atoms with Gasteiger partial charge in [0.1, 0.15) is 23.3 Å². The number of hydrogen-bond acceptors (Lipinski definition) is 7. The lowest BCUT2D eigenvalue weighted by Gasteiger charge is -2.25. The van der Waals surface area contributed by atoms with Gasteiger partial charge in [0.05, 0.1) is 29.8 Å². The van der Waals surface area contributed by atoms with Crippen LogP contribution in [0.25, 0.3) is 5.76 Å². The van der Waals surface area contributed by atoms with Crippen molar-refractivity contribution in [1.82, 2.24) is 0 Å². The lowest BCUT2D eigenvalue weighted by atomic mass is 9.94. The first-order valence-electron chi connectivity index (χ1n) is 10.8. The van der Waals surface area contributed by atoms with E-state index in [4.69, 9.17) is 9.47 Å². The first-order valence-corrected chi connectivity index (χ1v) is 10.8. The molecule has 3 aromatic rings. The third-order valence-corrected chi connectivity index (χ3v) is 5.66. The van der Waals surface area contributed by atoms with Gasteiger partial charge in [0.2, 0.25) is 0 Å². The zero-order valence-corrected chi connectivity index (χ0v) is 19.0. The van der Waals surface area contributed by atoms with Crippen LogP contribution in [0.4, 0.5) is 11.4 Å². The summed E-state index contributed by atoms with van der Waals surface area (Å²) in [4.78, 5) is 38.8. The molecule has 178 valence electrons. The van der Waals surface area contributed by atoms with Gasteiger partial charge in [-0.05, 0) is 61.5 Å². The number of ether oxygens (including phenoxy) is 2. The summed E-state index contributed by atoms with van der Waals surface area (Å²) in [5, 5.41) is 23.0. The smallest absolute Gasteiger partial charge is 0.300 e. The van der Waals surface area contributed by atoms with E-state index >= 15 is 0 Å². The van der Waals surface area contributed by atoms with E-state index in [2.05, 4.69) is 0 Å². The van der Waals surface area contributed by atoms with Crippen LogP contribution in [0, 0.1) is 10.1 Å². The summed E-state index contributed by atoms with van der Waals surface area (Å²) in [5.41, 5.74) is 0.159. The Morgan fingerprint density at radius 2 is 1.63 bits per heavy atom. The van der Waals surface area contributed by atoms with Crippen molar-refractivity contribution in [2.45, 2.75) is 13.0 Å². The van der Waals surface area contributed by atoms with Crippen molar-refractivity contribution in [2.24, 2.45) is 0 Å². The quantitative estimate of drug-likeness (QED) is 0.174. The molecule has 9 heteroatoms. The molecular weight excluding hydrogens is 452 g/mol. The molecule has 0 aromatic heterocycles. The molecule has 0 bridgehead atoms. The molecule has 0 aliphatic carbocycles. The van der Waals surface area contributed by atoms with E-state index in [0.717, 1.165) is 4.90 Å². The molecule has 0 saturated carbocycles. The van der Waals surface area contributed by atoms with Crippen LogP contribution >= 0.6 is 0 Å². The average Bonchev–Trinajstić information content (AvgIpc) is 3.14. The SMILES string of the molecule is CCOc1ccc(C(O)=C2C(=O)C(=O)N(c3ccc(OC)cc3)[C@@H]2c2ccccc2[N+](=O)[O-])cc1. The molecule has 3 aromatic carbocycles. The number of para-hydroxylation sites is 1. The Kier molecular flexibility index (Phi) is 6.50. The van der Waals surface area contributed by atoms with E-state index in [9.17, 15) is 24.8 Å². The van der Waals surface area contributed by atoms with Crippen LogP contribution in [-0.2, 0) is 9.59 Å². The molecule has 1 fully saturated rings. The highest BCUT2D eigenvalue weighted by Crippen LogP contribution is 2.45. The predicted molar refractivity (Wildman–Crippen MR) is 128 cm³/mol. The summed E-state index contributed by atoms with van der Waals surface area (Å²) in [6.07, 6.45) is 0. The highest BCUT2D eigenvalue weighted by atomic mass is 16.6. The minimum absolute atomic E-state index is 0.0972. The third kappa shape index (κ3) is 4.31. The van der Waals surface area contributed by atoms with Crippen molar-refractivity contribution in [3.05, 3.63) is 99.6 Å². The first-order chi connectivity index (χ1) is 16.9. The second-order valence-corrected chi connectivity index (χ2v) is 7.64. The molecule has 1 heterocycles. The topological polar surface area (TPSA) is 119 Å². The molecule has 1 atom stereocenters. The zero-order valence-electron chi connectivity index (χ0n) is 19.0. The van der Waals surface area contributed by atoms with Crippen LogP contribution in [0.2, 0.25) is 0 Å². The molecule has 9 nitrogen and oxygen atoms in total. The normalized spacial score (nSPS) is 16.9. The van der Waals surface area contributed by atoms with Gasteiger partial charge in [-0.3, -0.25) is 24.6 Å². The molecule has 1 amide bonds. The van der Waals surface area contributed by atoms with Crippen LogP contribution in [0.1, 0.15) is 24.1 Å². The summed E-state index contributed by atoms with van der Waals surface area (Å²) in [7, 11) is 1.49. The van der Waals surface area contributed by atoms with E-state index < -0.39 is 28.4 Å². The fourth-order valence-electron chi connectivity index (χ4n) is 4.05. The Morgan fingerprint density at radius 3 is 2.23 bits per heavy atom. The number of aliphatic hydroxyl groups excluding tert-OH is 1. The minimum atomic E-state index is -1.23. The Balaban J connectivity index is 1.93. The number of hydrogen-bond donors (Lipinski definition) is 1. The number of anilines is 1. The van der Waals surface area contributed by atoms with Crippen molar-refractivity contribution in [3.63, 3.8) is 0 Å². The largest absolute Gasteiger partial charge is 0.507 e. The van der Waals surface area contributed by atoms with Crippen molar-refractivity contribution >= 4 is 28.8 Å². The van der Waals surface area contributed by atoms with E-state index in [-0.39, 0.29) is 22.4 Å². The number of nitro groups is 1. The molecule has 0 radical (unpaired) electrons. The molecular formula is C26H22N2O7. The number of carbonyl (C=O) groups is 2. The van der Waals surface area contributed by atoms with Crippen molar-refractivity contribution < 1.29 is 29.1 Å². The average molecular weight is 474 g/mol. The van der Waals surface area contributed by atoms with Crippen LogP contribution in [-0.4, -0.2) is 35.4 Å². The standard InChI is InChI=1S/C26H22N2O7/c1-3-35-19-12-8-16(9-13-19)24(29)22-23(20-6-4-5-7-21(20)28(32)33)27(26(31)25(22)30)17-10-14-18(34-2)15-11-17/h4-15,23,29H,3H2,1-2H3/t23-/m1/s1. The summed E-state index contributed by atoms with van der Waals surface area (Å²) < 4.78 is 10.6. The van der Waals surface area contributed by atoms with Gasteiger partial charge < -0.3 is 14.6 Å². The van der Waals surface area contributed by atoms with E-state index in [1.807, 2.05) is 6.92 Å². The maximum absolute atomic E-state index is 13.2. The Labute approximate surface area is 201 Å². The summed E-state index contributed by atoms with van der Waals surface area (Å²) in [6, 6.07) is 17.3. The van der Waals surface area contributed by atoms with Gasteiger partial charge in [-0.2, -0.15) is 0 Å². The van der Waals surface area contributed by atoms with Gasteiger partial charge in [0.15, 0.2) is 0 Å². The molecule has 1 aliphatic rings. The summed E-state index contributed by atoms with van der Waals surface area (Å²) in [6.45, 7) is 2.29. The van der Waals surface area contributed by atoms with Crippen molar-refractivity contribution in [3.8, 4) is 11.5 Å². The number of aliphatic hydroxyl groups is 1. The zero-order chi connectivity index (χ0) is 25.1. The molecule has 0 unspecified atom stereocenters. The molecule has 0 spiro atoms. The summed E-state index contributed by atoms with van der Waals surface area (Å²) >= 11 is 0. The van der Waals surface area contributed by atoms with Gasteiger partial charge in [-0.25, -0.2) is 0 Å². The van der Waals surface area contributed by atoms with Crippen LogP contribution in [0.5, 0.6) is 11.5 Å². The van der Waals surface area contributed by atoms with Crippen molar-refractivity contribution in [2.75, 3.05) is 18.6 Å². The third-order valence-electron chi connectivity index (χ3n) is 5.66. The number of benzene rings is 3. The van der Waals surface area contributed by atoms with Gasteiger partial charge in [-0.15, -0.1) is 0 Å². The van der Waals surface area contributed by atoms with E-state index in [0.29, 0.717) is 23.8 Å². The maximum atomic E-state index is 13.2. The monoisotopic (exact) mass is 474 g/mol. The van der Waals surface area contributed by atoms with Crippen LogP contribution in [0.15, 0.2) is 78.4 Å². The Bertz CT molecular complexity index is 1310. The number of rotatable bonds is 7. The predicted octanol–water partition coefficient (Wildman–Crippen LogP) is 4.63. The van der Waals surface area contributed by atoms with Crippen LogP contribution < -0.4 is 14.4 Å². The number of nitro benzene ring substituents is 1. The number of amides is 1. The number of methoxy groups -OCH3 is 1. The summed E-state index contributed by atoms with van der Waals surface area (Å²) in [5.74, 6) is -1.20. The van der Waals surface area contributed by atoms with Crippen molar-refractivity contribution in [1.29, 1.82) is 0 Å². The highest BCUT2D eigenvalue weighted by Gasteiger charge is 2.48. The number of nitrogens with zero attached hydrogens (tertiary/aromatic N) is 2. The lowest BCUT2D eigenvalue weighted by Crippen LogP contribution is -2.29. The fraction of sp³-hybridized carbons (Fsp3) is 0.154. The number of carbonyl (C=O) groups excluding carboxylic acids is 2. The second-order valence-electron chi connectivity index (χ2n) is 7.64. The first kappa shape index (κ1) is 23.5. The second kappa shape index (κ2) is 9.68. The van der Waals surface area contributed by atoms with E-state index in [1.165, 1.54) is 25.3 Å². The van der Waals surface area contributed by atoms with Gasteiger partial charge in [-0.1, -0.05) is 12.1 Å². The fourth-order valence-corrected chi connectivity index (χ4v) is 4.05. The molecule has 35 heavy (non-hydrogen) atoms. The van der Waals surface area contributed by atoms with Crippen LogP contribution in [0.3, 0.4) is 0 Å². The van der Waals surface area contributed by atoms with Gasteiger partial charge in [0.25, 0.3) is 17.4 Å². The Hall–Kier alpha value is -4.66.